The van der Waals surface area contributed by atoms with Crippen molar-refractivity contribution in [3.8, 4) is 5.75 Å². The molecule has 4 heteroatoms. The largest absolute Gasteiger partial charge is 0.497 e. The standard InChI is InChI=1S/C13H20O3S/c1-3-4-5-6-11-16-17(14)13-9-7-12(15-2)8-10-13/h7-10H,3-6,11H2,1-2H3/t17-/m1/s1. The van der Waals surface area contributed by atoms with Crippen LogP contribution in [-0.4, -0.2) is 17.9 Å². The predicted octanol–water partition coefficient (Wildman–Crippen LogP) is 3.31. The fourth-order valence-corrected chi connectivity index (χ4v) is 2.18. The van der Waals surface area contributed by atoms with Gasteiger partial charge in [-0.15, -0.1) is 0 Å². The summed E-state index contributed by atoms with van der Waals surface area (Å²) in [5.74, 6) is 0.758. The summed E-state index contributed by atoms with van der Waals surface area (Å²) in [6.07, 6.45) is 4.51. The first-order valence-corrected chi connectivity index (χ1v) is 7.04. The molecule has 0 bridgehead atoms. The Labute approximate surface area is 106 Å². The molecule has 1 rings (SSSR count). The van der Waals surface area contributed by atoms with Gasteiger partial charge < -0.3 is 4.74 Å². The van der Waals surface area contributed by atoms with Crippen molar-refractivity contribution >= 4 is 11.1 Å². The van der Waals surface area contributed by atoms with E-state index in [0.717, 1.165) is 18.6 Å². The van der Waals surface area contributed by atoms with Crippen LogP contribution in [0.25, 0.3) is 0 Å². The molecule has 0 radical (unpaired) electrons. The molecule has 0 heterocycles. The highest BCUT2D eigenvalue weighted by Gasteiger charge is 2.04. The Morgan fingerprint density at radius 2 is 1.82 bits per heavy atom. The maximum Gasteiger partial charge on any atom is 0.189 e. The second-order valence-electron chi connectivity index (χ2n) is 3.79. The number of unbranched alkanes of at least 4 members (excludes halogenated alkanes) is 3. The molecule has 0 aromatic heterocycles. The highest BCUT2D eigenvalue weighted by atomic mass is 32.2. The molecular weight excluding hydrogens is 236 g/mol. The van der Waals surface area contributed by atoms with E-state index in [1.807, 2.05) is 0 Å². The monoisotopic (exact) mass is 256 g/mol. The fraction of sp³-hybridized carbons (Fsp3) is 0.538. The van der Waals surface area contributed by atoms with Crippen LogP contribution >= 0.6 is 0 Å². The quantitative estimate of drug-likeness (QED) is 0.669. The van der Waals surface area contributed by atoms with Crippen LogP contribution in [0.4, 0.5) is 0 Å². The minimum Gasteiger partial charge on any atom is -0.497 e. The molecule has 96 valence electrons. The topological polar surface area (TPSA) is 35.5 Å². The smallest absolute Gasteiger partial charge is 0.189 e. The zero-order valence-corrected chi connectivity index (χ0v) is 11.3. The summed E-state index contributed by atoms with van der Waals surface area (Å²) in [7, 11) is 1.61. The minimum atomic E-state index is -1.35. The van der Waals surface area contributed by atoms with Crippen LogP contribution in [-0.2, 0) is 15.3 Å². The molecule has 0 aliphatic heterocycles. The van der Waals surface area contributed by atoms with Crippen molar-refractivity contribution in [1.82, 2.24) is 0 Å². The molecule has 1 aromatic rings. The van der Waals surface area contributed by atoms with Gasteiger partial charge in [0, 0.05) is 0 Å². The first-order chi connectivity index (χ1) is 8.27. The van der Waals surface area contributed by atoms with Crippen LogP contribution in [0.3, 0.4) is 0 Å². The van der Waals surface area contributed by atoms with Crippen molar-refractivity contribution < 1.29 is 13.1 Å². The lowest BCUT2D eigenvalue weighted by Gasteiger charge is -2.04. The normalized spacial score (nSPS) is 12.4. The summed E-state index contributed by atoms with van der Waals surface area (Å²) in [6.45, 7) is 2.72. The van der Waals surface area contributed by atoms with Gasteiger partial charge in [0.05, 0.1) is 18.6 Å². The first kappa shape index (κ1) is 14.2. The molecule has 0 aliphatic carbocycles. The highest BCUT2D eigenvalue weighted by molar-refractivity contribution is 7.80. The molecule has 0 aliphatic rings. The van der Waals surface area contributed by atoms with Crippen LogP contribution in [0.15, 0.2) is 29.2 Å². The van der Waals surface area contributed by atoms with E-state index >= 15 is 0 Å². The number of benzene rings is 1. The number of rotatable bonds is 8. The molecule has 0 N–H and O–H groups in total. The Morgan fingerprint density at radius 1 is 1.12 bits per heavy atom. The Hall–Kier alpha value is -0.870. The van der Waals surface area contributed by atoms with Crippen molar-refractivity contribution in [1.29, 1.82) is 0 Å². The molecule has 17 heavy (non-hydrogen) atoms. The molecule has 0 saturated heterocycles. The average Bonchev–Trinajstić information content (AvgIpc) is 2.38. The van der Waals surface area contributed by atoms with E-state index in [0.29, 0.717) is 11.5 Å². The maximum atomic E-state index is 11.7. The lowest BCUT2D eigenvalue weighted by Crippen LogP contribution is -2.00. The van der Waals surface area contributed by atoms with E-state index in [4.69, 9.17) is 8.92 Å². The summed E-state index contributed by atoms with van der Waals surface area (Å²) in [6, 6.07) is 7.10. The van der Waals surface area contributed by atoms with Crippen LogP contribution in [0.2, 0.25) is 0 Å². The summed E-state index contributed by atoms with van der Waals surface area (Å²) < 4.78 is 22.0. The highest BCUT2D eigenvalue weighted by Crippen LogP contribution is 2.15. The Balaban J connectivity index is 2.31. The van der Waals surface area contributed by atoms with Gasteiger partial charge in [0.1, 0.15) is 5.75 Å². The lowest BCUT2D eigenvalue weighted by molar-refractivity contribution is 0.333. The van der Waals surface area contributed by atoms with E-state index < -0.39 is 11.1 Å². The number of methoxy groups -OCH3 is 1. The molecule has 3 nitrogen and oxygen atoms in total. The molecule has 0 amide bonds. The van der Waals surface area contributed by atoms with Crippen LogP contribution in [0.1, 0.15) is 32.6 Å². The van der Waals surface area contributed by atoms with Gasteiger partial charge in [0.25, 0.3) is 0 Å². The zero-order valence-electron chi connectivity index (χ0n) is 10.5. The van der Waals surface area contributed by atoms with E-state index in [9.17, 15) is 4.21 Å². The third kappa shape index (κ3) is 5.33. The number of ether oxygens (including phenoxy) is 1. The Kier molecular flexibility index (Phi) is 6.89. The van der Waals surface area contributed by atoms with E-state index in [-0.39, 0.29) is 0 Å². The van der Waals surface area contributed by atoms with Crippen LogP contribution in [0.5, 0.6) is 5.75 Å². The van der Waals surface area contributed by atoms with E-state index in [1.54, 1.807) is 31.4 Å². The van der Waals surface area contributed by atoms with E-state index in [1.165, 1.54) is 12.8 Å². The summed E-state index contributed by atoms with van der Waals surface area (Å²) >= 11 is -1.35. The van der Waals surface area contributed by atoms with Gasteiger partial charge in [-0.1, -0.05) is 26.2 Å². The molecule has 0 unspecified atom stereocenters. The third-order valence-electron chi connectivity index (χ3n) is 2.44. The summed E-state index contributed by atoms with van der Waals surface area (Å²) in [5, 5.41) is 0. The van der Waals surface area contributed by atoms with Crippen molar-refractivity contribution in [3.05, 3.63) is 24.3 Å². The van der Waals surface area contributed by atoms with Crippen molar-refractivity contribution in [2.45, 2.75) is 37.5 Å². The maximum absolute atomic E-state index is 11.7. The molecular formula is C13H20O3S. The fourth-order valence-electron chi connectivity index (χ4n) is 1.42. The van der Waals surface area contributed by atoms with Gasteiger partial charge in [-0.25, -0.2) is 4.21 Å². The van der Waals surface area contributed by atoms with Gasteiger partial charge in [0.15, 0.2) is 11.1 Å². The Morgan fingerprint density at radius 3 is 2.41 bits per heavy atom. The van der Waals surface area contributed by atoms with E-state index in [2.05, 4.69) is 6.92 Å². The second kappa shape index (κ2) is 8.25. The van der Waals surface area contributed by atoms with Crippen molar-refractivity contribution in [2.24, 2.45) is 0 Å². The molecule has 0 spiro atoms. The number of hydrogen-bond acceptors (Lipinski definition) is 3. The SMILES string of the molecule is CCCCCCO[S@@](=O)c1ccc(OC)cc1. The minimum absolute atomic E-state index is 0.554. The van der Waals surface area contributed by atoms with Crippen LogP contribution in [0, 0.1) is 0 Å². The zero-order chi connectivity index (χ0) is 12.5. The van der Waals surface area contributed by atoms with Gasteiger partial charge in [0.2, 0.25) is 0 Å². The molecule has 1 atom stereocenters. The first-order valence-electron chi connectivity index (χ1n) is 5.97. The van der Waals surface area contributed by atoms with Crippen molar-refractivity contribution in [3.63, 3.8) is 0 Å². The molecule has 1 aromatic carbocycles. The lowest BCUT2D eigenvalue weighted by atomic mass is 10.2. The van der Waals surface area contributed by atoms with Gasteiger partial charge in [-0.3, -0.25) is 4.18 Å². The van der Waals surface area contributed by atoms with Crippen LogP contribution < -0.4 is 4.74 Å². The average molecular weight is 256 g/mol. The summed E-state index contributed by atoms with van der Waals surface area (Å²) in [5.41, 5.74) is 0. The number of hydrogen-bond donors (Lipinski definition) is 0. The Bertz CT molecular complexity index is 335. The third-order valence-corrected chi connectivity index (χ3v) is 3.48. The van der Waals surface area contributed by atoms with Gasteiger partial charge in [-0.05, 0) is 30.7 Å². The summed E-state index contributed by atoms with van der Waals surface area (Å²) in [4.78, 5) is 0.682. The predicted molar refractivity (Wildman–Crippen MR) is 69.5 cm³/mol. The van der Waals surface area contributed by atoms with Gasteiger partial charge in [-0.2, -0.15) is 0 Å². The second-order valence-corrected chi connectivity index (χ2v) is 4.97. The molecule has 0 saturated carbocycles. The van der Waals surface area contributed by atoms with Gasteiger partial charge >= 0.3 is 0 Å². The van der Waals surface area contributed by atoms with Crippen molar-refractivity contribution in [2.75, 3.05) is 13.7 Å². The molecule has 0 fully saturated rings.